The Kier molecular flexibility index (Phi) is 27.3. The monoisotopic (exact) mass is 478 g/mol. The van der Waals surface area contributed by atoms with Crippen LogP contribution < -0.4 is 0 Å². The summed E-state index contributed by atoms with van der Waals surface area (Å²) in [4.78, 5) is 31.4. The third kappa shape index (κ3) is 40.3. The van der Waals surface area contributed by atoms with Crippen LogP contribution in [0.15, 0.2) is 36.5 Å². The van der Waals surface area contributed by atoms with Gasteiger partial charge in [0.15, 0.2) is 0 Å². The lowest BCUT2D eigenvalue weighted by Gasteiger charge is -1.99. The van der Waals surface area contributed by atoms with Gasteiger partial charge in [-0.1, -0.05) is 19.7 Å². The van der Waals surface area contributed by atoms with Crippen molar-refractivity contribution in [2.45, 2.75) is 20.8 Å². The molecule has 3 N–H and O–H groups in total. The SMILES string of the molecule is C1CO1.C1CO1.C=C(C)C(=O)OCCO.C=C(C)C(=O)OCCO.C=C(C)C(=O)OCCO. The predicted octanol–water partition coefficient (Wildman–Crippen LogP) is 0.327. The predicted molar refractivity (Wildman–Crippen MR) is 120 cm³/mol. The van der Waals surface area contributed by atoms with Crippen LogP contribution >= 0.6 is 0 Å². The molecule has 0 aromatic carbocycles. The second kappa shape index (κ2) is 25.7. The molecule has 0 saturated carbocycles. The summed E-state index contributed by atoms with van der Waals surface area (Å²) in [6.07, 6.45) is 0. The van der Waals surface area contributed by atoms with Gasteiger partial charge in [-0.3, -0.25) is 0 Å². The van der Waals surface area contributed by atoms with Gasteiger partial charge in [0.2, 0.25) is 0 Å². The minimum atomic E-state index is -0.455. The molecule has 2 rings (SSSR count). The zero-order valence-corrected chi connectivity index (χ0v) is 19.8. The summed E-state index contributed by atoms with van der Waals surface area (Å²) in [5.74, 6) is -1.36. The van der Waals surface area contributed by atoms with E-state index in [9.17, 15) is 14.4 Å². The Labute approximate surface area is 195 Å². The van der Waals surface area contributed by atoms with Crippen molar-refractivity contribution in [2.24, 2.45) is 0 Å². The molecule has 0 aromatic heterocycles. The fourth-order valence-corrected chi connectivity index (χ4v) is 0.785. The number of hydrogen-bond acceptors (Lipinski definition) is 11. The van der Waals surface area contributed by atoms with Crippen LogP contribution in [-0.4, -0.2) is 99.3 Å². The van der Waals surface area contributed by atoms with E-state index >= 15 is 0 Å². The maximum absolute atomic E-state index is 10.5. The molecule has 2 saturated heterocycles. The molecular formula is C22H38O11. The molecule has 0 radical (unpaired) electrons. The summed E-state index contributed by atoms with van der Waals surface area (Å²) in [5.41, 5.74) is 1.05. The number of aliphatic hydroxyl groups excluding tert-OH is 3. The number of carbonyl (C=O) groups excluding carboxylic acids is 3. The zero-order valence-electron chi connectivity index (χ0n) is 19.8. The molecule has 2 heterocycles. The Morgan fingerprint density at radius 2 is 0.788 bits per heavy atom. The number of epoxide rings is 2. The molecule has 0 spiro atoms. The smallest absolute Gasteiger partial charge is 0.333 e. The van der Waals surface area contributed by atoms with Gasteiger partial charge in [-0.25, -0.2) is 14.4 Å². The molecule has 0 aromatic rings. The highest BCUT2D eigenvalue weighted by Gasteiger charge is 2.01. The molecule has 0 bridgehead atoms. The summed E-state index contributed by atoms with van der Waals surface area (Å²) in [5, 5.41) is 24.6. The lowest BCUT2D eigenvalue weighted by Crippen LogP contribution is -2.08. The first-order valence-electron chi connectivity index (χ1n) is 10.0. The van der Waals surface area contributed by atoms with E-state index in [0.29, 0.717) is 16.7 Å². The second-order valence-electron chi connectivity index (χ2n) is 6.14. The quantitative estimate of drug-likeness (QED) is 0.181. The molecule has 11 nitrogen and oxygen atoms in total. The second-order valence-corrected chi connectivity index (χ2v) is 6.14. The maximum Gasteiger partial charge on any atom is 0.333 e. The summed E-state index contributed by atoms with van der Waals surface area (Å²) in [6.45, 7) is 18.4. The molecule has 2 aliphatic heterocycles. The van der Waals surface area contributed by atoms with Crippen molar-refractivity contribution < 1.29 is 53.4 Å². The fourth-order valence-electron chi connectivity index (χ4n) is 0.785. The van der Waals surface area contributed by atoms with Crippen molar-refractivity contribution in [1.82, 2.24) is 0 Å². The fraction of sp³-hybridized carbons (Fsp3) is 0.591. The summed E-state index contributed by atoms with van der Waals surface area (Å²) < 4.78 is 22.4. The Hall–Kier alpha value is -2.57. The van der Waals surface area contributed by atoms with Crippen molar-refractivity contribution in [1.29, 1.82) is 0 Å². The Morgan fingerprint density at radius 1 is 0.606 bits per heavy atom. The molecule has 0 unspecified atom stereocenters. The number of esters is 3. The van der Waals surface area contributed by atoms with Gasteiger partial charge in [0.1, 0.15) is 19.8 Å². The zero-order chi connectivity index (χ0) is 26.1. The normalized spacial score (nSPS) is 11.5. The van der Waals surface area contributed by atoms with E-state index in [2.05, 4.69) is 43.4 Å². The minimum Gasteiger partial charge on any atom is -0.460 e. The van der Waals surface area contributed by atoms with E-state index in [0.717, 1.165) is 26.4 Å². The lowest BCUT2D eigenvalue weighted by atomic mass is 10.4. The highest BCUT2D eigenvalue weighted by molar-refractivity contribution is 5.87. The van der Waals surface area contributed by atoms with Crippen LogP contribution in [-0.2, 0) is 38.1 Å². The van der Waals surface area contributed by atoms with E-state index in [-0.39, 0.29) is 39.6 Å². The van der Waals surface area contributed by atoms with Crippen molar-refractivity contribution in [2.75, 3.05) is 66.1 Å². The first-order valence-corrected chi connectivity index (χ1v) is 10.0. The van der Waals surface area contributed by atoms with Crippen LogP contribution in [0.2, 0.25) is 0 Å². The molecule has 0 amide bonds. The van der Waals surface area contributed by atoms with Crippen molar-refractivity contribution in [3.05, 3.63) is 36.5 Å². The molecule has 0 aliphatic carbocycles. The highest BCUT2D eigenvalue weighted by Crippen LogP contribution is 1.91. The van der Waals surface area contributed by atoms with E-state index in [1.54, 1.807) is 20.8 Å². The van der Waals surface area contributed by atoms with Crippen molar-refractivity contribution in [3.8, 4) is 0 Å². The van der Waals surface area contributed by atoms with Crippen LogP contribution in [0.25, 0.3) is 0 Å². The maximum atomic E-state index is 10.5. The number of hydrogen-bond donors (Lipinski definition) is 3. The third-order valence-electron chi connectivity index (χ3n) is 2.43. The van der Waals surface area contributed by atoms with Crippen molar-refractivity contribution in [3.63, 3.8) is 0 Å². The average molecular weight is 479 g/mol. The van der Waals surface area contributed by atoms with Gasteiger partial charge in [-0.15, -0.1) is 0 Å². The summed E-state index contributed by atoms with van der Waals surface area (Å²) in [7, 11) is 0. The molecular weight excluding hydrogens is 440 g/mol. The van der Waals surface area contributed by atoms with Crippen LogP contribution in [0.1, 0.15) is 20.8 Å². The van der Waals surface area contributed by atoms with Gasteiger partial charge >= 0.3 is 17.9 Å². The van der Waals surface area contributed by atoms with Crippen LogP contribution in [0.3, 0.4) is 0 Å². The number of rotatable bonds is 9. The van der Waals surface area contributed by atoms with E-state index in [1.807, 2.05) is 0 Å². The lowest BCUT2D eigenvalue weighted by molar-refractivity contribution is -0.140. The highest BCUT2D eigenvalue weighted by atomic mass is 16.6. The van der Waals surface area contributed by atoms with Gasteiger partial charge in [-0.2, -0.15) is 0 Å². The Balaban J connectivity index is -0.000000360. The van der Waals surface area contributed by atoms with Crippen LogP contribution in [0.4, 0.5) is 0 Å². The standard InChI is InChI=1S/3C6H10O3.2C2H4O/c3*1-5(2)6(8)9-4-3-7;2*1-2-3-1/h3*7H,1,3-4H2,2H3;2*1-2H2. The van der Waals surface area contributed by atoms with E-state index < -0.39 is 17.9 Å². The van der Waals surface area contributed by atoms with Gasteiger partial charge in [-0.05, 0) is 20.8 Å². The molecule has 192 valence electrons. The summed E-state index contributed by atoms with van der Waals surface area (Å²) >= 11 is 0. The average Bonchev–Trinajstić information content (AvgIpc) is 3.64. The van der Waals surface area contributed by atoms with Gasteiger partial charge in [0.25, 0.3) is 0 Å². The summed E-state index contributed by atoms with van der Waals surface area (Å²) in [6, 6.07) is 0. The largest absolute Gasteiger partial charge is 0.460 e. The first-order chi connectivity index (χ1) is 15.5. The van der Waals surface area contributed by atoms with Crippen LogP contribution in [0.5, 0.6) is 0 Å². The van der Waals surface area contributed by atoms with Crippen molar-refractivity contribution >= 4 is 17.9 Å². The van der Waals surface area contributed by atoms with E-state index in [1.165, 1.54) is 0 Å². The minimum absolute atomic E-state index is 0.0473. The Bertz CT molecular complexity index is 498. The van der Waals surface area contributed by atoms with E-state index in [4.69, 9.17) is 15.3 Å². The van der Waals surface area contributed by atoms with Gasteiger partial charge in [0.05, 0.1) is 46.2 Å². The number of carbonyl (C=O) groups is 3. The molecule has 2 aliphatic rings. The van der Waals surface area contributed by atoms with Gasteiger partial charge < -0.3 is 39.0 Å². The molecule has 33 heavy (non-hydrogen) atoms. The number of aliphatic hydroxyl groups is 3. The number of ether oxygens (including phenoxy) is 5. The Morgan fingerprint density at radius 3 is 0.879 bits per heavy atom. The first kappa shape index (κ1) is 35.0. The topological polar surface area (TPSA) is 165 Å². The third-order valence-corrected chi connectivity index (χ3v) is 2.43. The van der Waals surface area contributed by atoms with Crippen LogP contribution in [0, 0.1) is 0 Å². The van der Waals surface area contributed by atoms with Gasteiger partial charge in [0, 0.05) is 16.7 Å². The molecule has 2 fully saturated rings. The molecule has 0 atom stereocenters. The molecule has 11 heteroatoms.